The van der Waals surface area contributed by atoms with Crippen LogP contribution in [0.1, 0.15) is 31.4 Å². The van der Waals surface area contributed by atoms with Gasteiger partial charge in [0.05, 0.1) is 12.7 Å². The Morgan fingerprint density at radius 2 is 2.33 bits per heavy atom. The molecule has 0 saturated heterocycles. The van der Waals surface area contributed by atoms with Crippen LogP contribution in [-0.4, -0.2) is 16.6 Å². The Morgan fingerprint density at radius 3 is 2.93 bits per heavy atom. The van der Waals surface area contributed by atoms with Crippen LogP contribution < -0.4 is 10.6 Å². The van der Waals surface area contributed by atoms with E-state index >= 15 is 0 Å². The van der Waals surface area contributed by atoms with Gasteiger partial charge in [-0.2, -0.15) is 0 Å². The van der Waals surface area contributed by atoms with Crippen LogP contribution in [0.15, 0.2) is 10.6 Å². The van der Waals surface area contributed by atoms with Crippen molar-refractivity contribution in [2.24, 2.45) is 0 Å². The second kappa shape index (κ2) is 6.40. The second-order valence-corrected chi connectivity index (χ2v) is 3.74. The van der Waals surface area contributed by atoms with E-state index in [1.165, 1.54) is 0 Å². The number of aromatic nitrogens is 1. The first kappa shape index (κ1) is 12.0. The Morgan fingerprint density at radius 1 is 1.53 bits per heavy atom. The fourth-order valence-electron chi connectivity index (χ4n) is 1.08. The Balaban J connectivity index is 2.16. The molecule has 1 heterocycles. The summed E-state index contributed by atoms with van der Waals surface area (Å²) in [5.74, 6) is 1.48. The van der Waals surface area contributed by atoms with Crippen LogP contribution in [0.4, 0.5) is 0 Å². The number of thiocarbonyl (C=S) groups is 1. The van der Waals surface area contributed by atoms with Crippen LogP contribution in [0.25, 0.3) is 0 Å². The van der Waals surface area contributed by atoms with Crippen molar-refractivity contribution in [2.75, 3.05) is 6.54 Å². The summed E-state index contributed by atoms with van der Waals surface area (Å²) in [6, 6.07) is 0. The van der Waals surface area contributed by atoms with Gasteiger partial charge in [0.25, 0.3) is 0 Å². The summed E-state index contributed by atoms with van der Waals surface area (Å²) in [5, 5.41) is 6.80. The number of hydrogen-bond acceptors (Lipinski definition) is 3. The van der Waals surface area contributed by atoms with Crippen molar-refractivity contribution in [3.05, 3.63) is 17.8 Å². The van der Waals surface area contributed by atoms with Gasteiger partial charge in [-0.25, -0.2) is 4.98 Å². The molecular weight excluding hydrogens is 210 g/mol. The Kier molecular flexibility index (Phi) is 5.10. The van der Waals surface area contributed by atoms with E-state index in [1.54, 1.807) is 6.20 Å². The SMILES string of the molecule is CCCCNC(=S)NCc1ncc(C)o1. The maximum atomic E-state index is 5.30. The average Bonchev–Trinajstić information content (AvgIpc) is 2.62. The number of unbranched alkanes of at least 4 members (excludes halogenated alkanes) is 1. The van der Waals surface area contributed by atoms with Crippen LogP contribution in [0.5, 0.6) is 0 Å². The molecule has 84 valence electrons. The fraction of sp³-hybridized carbons (Fsp3) is 0.600. The smallest absolute Gasteiger partial charge is 0.213 e. The standard InChI is InChI=1S/C10H17N3OS/c1-3-4-5-11-10(15)13-7-9-12-6-8(2)14-9/h6H,3-5,7H2,1-2H3,(H2,11,13,15). The minimum Gasteiger partial charge on any atom is -0.444 e. The molecule has 0 amide bonds. The van der Waals surface area contributed by atoms with Gasteiger partial charge in [0.15, 0.2) is 5.11 Å². The van der Waals surface area contributed by atoms with Crippen LogP contribution >= 0.6 is 12.2 Å². The fourth-order valence-corrected chi connectivity index (χ4v) is 1.25. The van der Waals surface area contributed by atoms with Crippen LogP contribution in [0.2, 0.25) is 0 Å². The molecule has 2 N–H and O–H groups in total. The predicted octanol–water partition coefficient (Wildman–Crippen LogP) is 1.75. The van der Waals surface area contributed by atoms with Gasteiger partial charge in [-0.05, 0) is 25.6 Å². The summed E-state index contributed by atoms with van der Waals surface area (Å²) in [7, 11) is 0. The zero-order valence-electron chi connectivity index (χ0n) is 9.17. The number of hydrogen-bond donors (Lipinski definition) is 2. The Hall–Kier alpha value is -1.10. The Bertz CT molecular complexity index is 311. The van der Waals surface area contributed by atoms with Crippen molar-refractivity contribution in [3.8, 4) is 0 Å². The Labute approximate surface area is 95.5 Å². The van der Waals surface area contributed by atoms with Crippen LogP contribution in [0.3, 0.4) is 0 Å². The third kappa shape index (κ3) is 4.78. The molecule has 5 heteroatoms. The molecule has 1 rings (SSSR count). The van der Waals surface area contributed by atoms with Gasteiger partial charge in [0.1, 0.15) is 5.76 Å². The number of nitrogens with zero attached hydrogens (tertiary/aromatic N) is 1. The highest BCUT2D eigenvalue weighted by Gasteiger charge is 2.00. The van der Waals surface area contributed by atoms with Crippen molar-refractivity contribution >= 4 is 17.3 Å². The lowest BCUT2D eigenvalue weighted by Crippen LogP contribution is -2.35. The van der Waals surface area contributed by atoms with E-state index in [2.05, 4.69) is 22.5 Å². The number of oxazole rings is 1. The van der Waals surface area contributed by atoms with Gasteiger partial charge in [0, 0.05) is 6.54 Å². The first-order chi connectivity index (χ1) is 7.22. The van der Waals surface area contributed by atoms with Gasteiger partial charge in [-0.1, -0.05) is 13.3 Å². The zero-order chi connectivity index (χ0) is 11.1. The number of nitrogens with one attached hydrogen (secondary N) is 2. The maximum Gasteiger partial charge on any atom is 0.213 e. The van der Waals surface area contributed by atoms with Crippen molar-refractivity contribution < 1.29 is 4.42 Å². The molecule has 0 aliphatic rings. The molecule has 4 nitrogen and oxygen atoms in total. The first-order valence-corrected chi connectivity index (χ1v) is 5.56. The minimum absolute atomic E-state index is 0.534. The largest absolute Gasteiger partial charge is 0.444 e. The molecule has 0 aromatic carbocycles. The molecule has 0 aliphatic carbocycles. The van der Waals surface area contributed by atoms with Gasteiger partial charge >= 0.3 is 0 Å². The highest BCUT2D eigenvalue weighted by molar-refractivity contribution is 7.80. The lowest BCUT2D eigenvalue weighted by Gasteiger charge is -2.07. The molecule has 0 unspecified atom stereocenters. The normalized spacial score (nSPS) is 10.0. The van der Waals surface area contributed by atoms with Crippen molar-refractivity contribution in [1.29, 1.82) is 0 Å². The monoisotopic (exact) mass is 227 g/mol. The van der Waals surface area contributed by atoms with E-state index in [0.29, 0.717) is 17.5 Å². The molecule has 0 atom stereocenters. The quantitative estimate of drug-likeness (QED) is 0.593. The van der Waals surface area contributed by atoms with E-state index in [4.69, 9.17) is 16.6 Å². The van der Waals surface area contributed by atoms with Gasteiger partial charge < -0.3 is 15.1 Å². The molecule has 1 aromatic heterocycles. The van der Waals surface area contributed by atoms with Gasteiger partial charge in [0.2, 0.25) is 5.89 Å². The van der Waals surface area contributed by atoms with Crippen molar-refractivity contribution in [2.45, 2.75) is 33.2 Å². The van der Waals surface area contributed by atoms with Crippen molar-refractivity contribution in [3.63, 3.8) is 0 Å². The molecule has 0 saturated carbocycles. The highest BCUT2D eigenvalue weighted by Crippen LogP contribution is 2.00. The zero-order valence-corrected chi connectivity index (χ0v) is 9.99. The first-order valence-electron chi connectivity index (χ1n) is 5.15. The van der Waals surface area contributed by atoms with Crippen LogP contribution in [-0.2, 0) is 6.54 Å². The van der Waals surface area contributed by atoms with Gasteiger partial charge in [-0.15, -0.1) is 0 Å². The van der Waals surface area contributed by atoms with Crippen LogP contribution in [0, 0.1) is 6.92 Å². The highest BCUT2D eigenvalue weighted by atomic mass is 32.1. The molecule has 1 aromatic rings. The molecule has 15 heavy (non-hydrogen) atoms. The lowest BCUT2D eigenvalue weighted by molar-refractivity contribution is 0.465. The summed E-state index contributed by atoms with van der Waals surface area (Å²) in [6.07, 6.45) is 3.99. The summed E-state index contributed by atoms with van der Waals surface area (Å²) >= 11 is 5.08. The van der Waals surface area contributed by atoms with E-state index in [1.807, 2.05) is 6.92 Å². The minimum atomic E-state index is 0.534. The predicted molar refractivity (Wildman–Crippen MR) is 63.6 cm³/mol. The summed E-state index contributed by atoms with van der Waals surface area (Å²) < 4.78 is 5.30. The number of rotatable bonds is 5. The van der Waals surface area contributed by atoms with Gasteiger partial charge in [-0.3, -0.25) is 0 Å². The molecule has 0 spiro atoms. The summed E-state index contributed by atoms with van der Waals surface area (Å²) in [4.78, 5) is 4.07. The molecule has 0 aliphatic heterocycles. The van der Waals surface area contributed by atoms with E-state index in [0.717, 1.165) is 25.1 Å². The third-order valence-corrected chi connectivity index (χ3v) is 2.17. The van der Waals surface area contributed by atoms with E-state index in [9.17, 15) is 0 Å². The third-order valence-electron chi connectivity index (χ3n) is 1.89. The van der Waals surface area contributed by atoms with E-state index < -0.39 is 0 Å². The molecule has 0 fully saturated rings. The van der Waals surface area contributed by atoms with E-state index in [-0.39, 0.29) is 0 Å². The van der Waals surface area contributed by atoms with Crippen molar-refractivity contribution in [1.82, 2.24) is 15.6 Å². The summed E-state index contributed by atoms with van der Waals surface area (Å²) in [6.45, 7) is 5.46. The average molecular weight is 227 g/mol. The maximum absolute atomic E-state index is 5.30. The lowest BCUT2D eigenvalue weighted by atomic mass is 10.3. The second-order valence-electron chi connectivity index (χ2n) is 3.33. The summed E-state index contributed by atoms with van der Waals surface area (Å²) in [5.41, 5.74) is 0. The molecule has 0 bridgehead atoms. The molecule has 0 radical (unpaired) electrons. The topological polar surface area (TPSA) is 50.1 Å². The number of aryl methyl sites for hydroxylation is 1. The molecular formula is C10H17N3OS.